The average molecular weight is 389 g/mol. The molecule has 1 unspecified atom stereocenters. The standard InChI is InChI=1S/C18H19N3O7/c1-3-28-18(24)15-9-13(19-20(15)17(23)10-4-5-10)16(22)12-8-11(27-2)6-7-14(12)21(25)26/h6-8,10,15H,3-5,9H2,1-2H3. The molecule has 10 nitrogen and oxygen atoms in total. The van der Waals surface area contributed by atoms with Gasteiger partial charge in [0.15, 0.2) is 6.04 Å². The van der Waals surface area contributed by atoms with Gasteiger partial charge in [0, 0.05) is 18.4 Å². The Kier molecular flexibility index (Phi) is 5.39. The number of methoxy groups -OCH3 is 1. The summed E-state index contributed by atoms with van der Waals surface area (Å²) in [4.78, 5) is 48.3. The summed E-state index contributed by atoms with van der Waals surface area (Å²) in [6, 6.07) is 2.73. The summed E-state index contributed by atoms with van der Waals surface area (Å²) in [5.41, 5.74) is -0.733. The highest BCUT2D eigenvalue weighted by atomic mass is 16.6. The minimum Gasteiger partial charge on any atom is -0.497 e. The number of nitro benzene ring substituents is 1. The molecule has 1 fully saturated rings. The Morgan fingerprint density at radius 3 is 2.61 bits per heavy atom. The van der Waals surface area contributed by atoms with Crippen LogP contribution in [0.25, 0.3) is 0 Å². The van der Waals surface area contributed by atoms with Crippen molar-refractivity contribution in [3.63, 3.8) is 0 Å². The lowest BCUT2D eigenvalue weighted by atomic mass is 10.0. The first-order valence-corrected chi connectivity index (χ1v) is 8.81. The van der Waals surface area contributed by atoms with Crippen molar-refractivity contribution in [2.24, 2.45) is 11.0 Å². The Hall–Kier alpha value is -3.30. The van der Waals surface area contributed by atoms with E-state index in [-0.39, 0.29) is 41.9 Å². The van der Waals surface area contributed by atoms with Crippen LogP contribution in [0, 0.1) is 16.0 Å². The Labute approximate surface area is 160 Å². The van der Waals surface area contributed by atoms with Gasteiger partial charge in [0.25, 0.3) is 5.69 Å². The third-order valence-electron chi connectivity index (χ3n) is 4.53. The molecule has 1 aliphatic heterocycles. The smallest absolute Gasteiger partial charge is 0.331 e. The summed E-state index contributed by atoms with van der Waals surface area (Å²) in [6.45, 7) is 1.75. The number of ether oxygens (including phenoxy) is 2. The molecule has 1 heterocycles. The number of amides is 1. The van der Waals surface area contributed by atoms with Crippen LogP contribution in [0.3, 0.4) is 0 Å². The number of benzene rings is 1. The van der Waals surface area contributed by atoms with E-state index in [2.05, 4.69) is 5.10 Å². The van der Waals surface area contributed by atoms with Crippen molar-refractivity contribution in [2.45, 2.75) is 32.2 Å². The van der Waals surface area contributed by atoms with Crippen molar-refractivity contribution in [3.8, 4) is 5.75 Å². The molecule has 0 saturated heterocycles. The maximum absolute atomic E-state index is 12.9. The maximum atomic E-state index is 12.9. The van der Waals surface area contributed by atoms with E-state index in [1.54, 1.807) is 6.92 Å². The fourth-order valence-corrected chi connectivity index (χ4v) is 2.93. The molecule has 0 spiro atoms. The first-order valence-electron chi connectivity index (χ1n) is 8.81. The lowest BCUT2D eigenvalue weighted by Gasteiger charge is -2.19. The second-order valence-corrected chi connectivity index (χ2v) is 6.45. The summed E-state index contributed by atoms with van der Waals surface area (Å²) in [7, 11) is 1.37. The number of hydrazone groups is 1. The molecule has 1 atom stereocenters. The van der Waals surface area contributed by atoms with Crippen LogP contribution in [0.4, 0.5) is 5.69 Å². The highest BCUT2D eigenvalue weighted by Gasteiger charge is 2.45. The lowest BCUT2D eigenvalue weighted by molar-refractivity contribution is -0.385. The molecule has 1 aromatic rings. The summed E-state index contributed by atoms with van der Waals surface area (Å²) < 4.78 is 10.0. The Bertz CT molecular complexity index is 876. The van der Waals surface area contributed by atoms with Crippen LogP contribution in [0.5, 0.6) is 5.75 Å². The van der Waals surface area contributed by atoms with Crippen LogP contribution >= 0.6 is 0 Å². The number of nitrogens with zero attached hydrogens (tertiary/aromatic N) is 3. The molecule has 2 aliphatic rings. The van der Waals surface area contributed by atoms with Crippen LogP contribution in [-0.4, -0.2) is 53.1 Å². The summed E-state index contributed by atoms with van der Waals surface area (Å²) in [6.07, 6.45) is 1.24. The summed E-state index contributed by atoms with van der Waals surface area (Å²) >= 11 is 0. The van der Waals surface area contributed by atoms with E-state index in [4.69, 9.17) is 9.47 Å². The second-order valence-electron chi connectivity index (χ2n) is 6.45. The molecule has 0 aromatic heterocycles. The molecule has 1 amide bonds. The first-order chi connectivity index (χ1) is 13.4. The normalized spacial score (nSPS) is 18.4. The second kappa shape index (κ2) is 7.75. The summed E-state index contributed by atoms with van der Waals surface area (Å²) in [5.74, 6) is -1.70. The Morgan fingerprint density at radius 1 is 1.32 bits per heavy atom. The van der Waals surface area contributed by atoms with E-state index < -0.39 is 28.4 Å². The molecule has 3 rings (SSSR count). The van der Waals surface area contributed by atoms with E-state index >= 15 is 0 Å². The van der Waals surface area contributed by atoms with Gasteiger partial charge in [0.1, 0.15) is 17.0 Å². The molecule has 10 heteroatoms. The number of hydrogen-bond donors (Lipinski definition) is 0. The lowest BCUT2D eigenvalue weighted by Crippen LogP contribution is -2.40. The zero-order valence-corrected chi connectivity index (χ0v) is 15.4. The summed E-state index contributed by atoms with van der Waals surface area (Å²) in [5, 5.41) is 16.4. The van der Waals surface area contributed by atoms with E-state index in [1.807, 2.05) is 0 Å². The predicted molar refractivity (Wildman–Crippen MR) is 96.0 cm³/mol. The molecule has 1 aliphatic carbocycles. The fourth-order valence-electron chi connectivity index (χ4n) is 2.93. The quantitative estimate of drug-likeness (QED) is 0.300. The van der Waals surface area contributed by atoms with E-state index in [9.17, 15) is 24.5 Å². The molecule has 0 radical (unpaired) electrons. The van der Waals surface area contributed by atoms with Crippen LogP contribution in [-0.2, 0) is 14.3 Å². The molecule has 1 saturated carbocycles. The van der Waals surface area contributed by atoms with Gasteiger partial charge < -0.3 is 9.47 Å². The van der Waals surface area contributed by atoms with Crippen molar-refractivity contribution in [3.05, 3.63) is 33.9 Å². The SMILES string of the molecule is CCOC(=O)C1CC(C(=O)c2cc(OC)ccc2[N+](=O)[O-])=NN1C(=O)C1CC1. The fraction of sp³-hybridized carbons (Fsp3) is 0.444. The van der Waals surface area contributed by atoms with Gasteiger partial charge in [-0.15, -0.1) is 0 Å². The van der Waals surface area contributed by atoms with Crippen molar-refractivity contribution in [2.75, 3.05) is 13.7 Å². The van der Waals surface area contributed by atoms with E-state index in [0.29, 0.717) is 12.8 Å². The highest BCUT2D eigenvalue weighted by Crippen LogP contribution is 2.34. The highest BCUT2D eigenvalue weighted by molar-refractivity contribution is 6.47. The van der Waals surface area contributed by atoms with Gasteiger partial charge in [0.2, 0.25) is 11.7 Å². The van der Waals surface area contributed by atoms with Crippen molar-refractivity contribution in [1.82, 2.24) is 5.01 Å². The van der Waals surface area contributed by atoms with Crippen LogP contribution in [0.2, 0.25) is 0 Å². The molecular formula is C18H19N3O7. The number of ketones is 1. The molecule has 28 heavy (non-hydrogen) atoms. The minimum atomic E-state index is -1.04. The first kappa shape index (κ1) is 19.5. The van der Waals surface area contributed by atoms with Crippen LogP contribution in [0.1, 0.15) is 36.5 Å². The van der Waals surface area contributed by atoms with Gasteiger partial charge in [-0.3, -0.25) is 19.7 Å². The molecular weight excluding hydrogens is 370 g/mol. The van der Waals surface area contributed by atoms with Gasteiger partial charge in [-0.2, -0.15) is 5.10 Å². The predicted octanol–water partition coefficient (Wildman–Crippen LogP) is 1.72. The largest absolute Gasteiger partial charge is 0.497 e. The molecule has 0 N–H and O–H groups in total. The van der Waals surface area contributed by atoms with Gasteiger partial charge in [-0.25, -0.2) is 9.80 Å². The Morgan fingerprint density at radius 2 is 2.04 bits per heavy atom. The average Bonchev–Trinajstić information content (AvgIpc) is 3.44. The Balaban J connectivity index is 1.95. The van der Waals surface area contributed by atoms with Crippen molar-refractivity contribution >= 4 is 29.1 Å². The molecule has 148 valence electrons. The van der Waals surface area contributed by atoms with Gasteiger partial charge in [-0.05, 0) is 31.9 Å². The third-order valence-corrected chi connectivity index (χ3v) is 4.53. The van der Waals surface area contributed by atoms with E-state index in [0.717, 1.165) is 11.1 Å². The van der Waals surface area contributed by atoms with Crippen molar-refractivity contribution < 1.29 is 28.8 Å². The number of carbonyl (C=O) groups is 3. The van der Waals surface area contributed by atoms with E-state index in [1.165, 1.54) is 19.2 Å². The van der Waals surface area contributed by atoms with Gasteiger partial charge in [-0.1, -0.05) is 0 Å². The van der Waals surface area contributed by atoms with Gasteiger partial charge >= 0.3 is 5.97 Å². The van der Waals surface area contributed by atoms with Crippen LogP contribution in [0.15, 0.2) is 23.3 Å². The number of esters is 1. The number of rotatable bonds is 7. The molecule has 0 bridgehead atoms. The monoisotopic (exact) mass is 389 g/mol. The van der Waals surface area contributed by atoms with Crippen molar-refractivity contribution in [1.29, 1.82) is 0 Å². The minimum absolute atomic E-state index is 0.108. The number of Topliss-reactive ketones (excluding diaryl/α,β-unsaturated/α-hetero) is 1. The maximum Gasteiger partial charge on any atom is 0.331 e. The number of hydrogen-bond acceptors (Lipinski definition) is 8. The topological polar surface area (TPSA) is 128 Å². The zero-order chi connectivity index (χ0) is 20.4. The van der Waals surface area contributed by atoms with Crippen LogP contribution < -0.4 is 4.74 Å². The third kappa shape index (κ3) is 3.71. The molecule has 1 aromatic carbocycles. The number of carbonyl (C=O) groups excluding carboxylic acids is 3. The van der Waals surface area contributed by atoms with Gasteiger partial charge in [0.05, 0.1) is 18.6 Å². The zero-order valence-electron chi connectivity index (χ0n) is 15.4. The number of nitro groups is 1.